The average Bonchev–Trinajstić information content (AvgIpc) is 2.86. The van der Waals surface area contributed by atoms with E-state index in [0.29, 0.717) is 18.3 Å². The van der Waals surface area contributed by atoms with E-state index >= 15 is 0 Å². The number of nitrogens with zero attached hydrogens (tertiary/aromatic N) is 3. The molecule has 0 radical (unpaired) electrons. The van der Waals surface area contributed by atoms with Crippen LogP contribution in [-0.2, 0) is 18.3 Å². The maximum absolute atomic E-state index is 12.4. The molecule has 5 nitrogen and oxygen atoms in total. The van der Waals surface area contributed by atoms with Crippen LogP contribution in [0.3, 0.4) is 0 Å². The summed E-state index contributed by atoms with van der Waals surface area (Å²) in [5, 5.41) is 15.4. The Balaban J connectivity index is 1.13. The van der Waals surface area contributed by atoms with Gasteiger partial charge in [0.2, 0.25) is 5.91 Å². The summed E-state index contributed by atoms with van der Waals surface area (Å²) < 4.78 is 1.94. The fourth-order valence-corrected chi connectivity index (χ4v) is 5.57. The number of aromatic nitrogens is 2. The van der Waals surface area contributed by atoms with Gasteiger partial charge in [0.05, 0.1) is 17.3 Å². The second-order valence-electron chi connectivity index (χ2n) is 9.44. The lowest BCUT2D eigenvalue weighted by Crippen LogP contribution is -2.66. The molecule has 1 aromatic heterocycles. The van der Waals surface area contributed by atoms with Crippen LogP contribution in [0.4, 0.5) is 0 Å². The normalized spacial score (nSPS) is 30.1. The van der Waals surface area contributed by atoms with Gasteiger partial charge in [0.25, 0.3) is 0 Å². The lowest BCUT2D eigenvalue weighted by molar-refractivity contribution is -0.171. The molecule has 1 N–H and O–H groups in total. The zero-order chi connectivity index (χ0) is 18.1. The van der Waals surface area contributed by atoms with Crippen LogP contribution >= 0.6 is 0 Å². The minimum absolute atomic E-state index is 0.0591. The van der Waals surface area contributed by atoms with Gasteiger partial charge >= 0.3 is 0 Å². The lowest BCUT2D eigenvalue weighted by atomic mass is 9.56. The molecule has 3 fully saturated rings. The van der Waals surface area contributed by atoms with E-state index in [4.69, 9.17) is 0 Å². The first-order chi connectivity index (χ1) is 12.3. The largest absolute Gasteiger partial charge is 0.390 e. The van der Waals surface area contributed by atoms with Crippen molar-refractivity contribution in [3.05, 3.63) is 30.0 Å². The second kappa shape index (κ2) is 5.32. The highest BCUT2D eigenvalue weighted by Gasteiger charge is 2.55. The van der Waals surface area contributed by atoms with Crippen molar-refractivity contribution in [2.24, 2.45) is 24.3 Å². The molecule has 1 aliphatic heterocycles. The van der Waals surface area contributed by atoms with Gasteiger partial charge in [-0.05, 0) is 56.6 Å². The molecule has 5 rings (SSSR count). The van der Waals surface area contributed by atoms with Crippen molar-refractivity contribution in [1.82, 2.24) is 14.7 Å². The van der Waals surface area contributed by atoms with Gasteiger partial charge < -0.3 is 10.0 Å². The van der Waals surface area contributed by atoms with E-state index in [1.165, 1.54) is 29.3 Å². The Bertz CT molecular complexity index is 863. The number of hydrogen-bond donors (Lipinski definition) is 1. The highest BCUT2D eigenvalue weighted by molar-refractivity contribution is 5.81. The monoisotopic (exact) mass is 353 g/mol. The van der Waals surface area contributed by atoms with E-state index in [-0.39, 0.29) is 11.8 Å². The maximum atomic E-state index is 12.4. The SMILES string of the molecule is Cn1ncc2ccc(CC3CC4(C3)CN(C(=O)[C@H]3C[C@@](C)(O)C3)C4)cc21. The molecule has 2 aromatic rings. The molecule has 1 aromatic carbocycles. The van der Waals surface area contributed by atoms with Crippen molar-refractivity contribution in [1.29, 1.82) is 0 Å². The van der Waals surface area contributed by atoms with Gasteiger partial charge in [-0.2, -0.15) is 5.10 Å². The van der Waals surface area contributed by atoms with Crippen LogP contribution in [0.15, 0.2) is 24.4 Å². The Morgan fingerprint density at radius 3 is 2.69 bits per heavy atom. The smallest absolute Gasteiger partial charge is 0.225 e. The molecule has 3 aliphatic rings. The number of benzene rings is 1. The zero-order valence-corrected chi connectivity index (χ0v) is 15.6. The van der Waals surface area contributed by atoms with E-state index in [1.54, 1.807) is 0 Å². The summed E-state index contributed by atoms with van der Waals surface area (Å²) in [4.78, 5) is 14.5. The van der Waals surface area contributed by atoms with Gasteiger partial charge in [-0.15, -0.1) is 0 Å². The molecule has 5 heteroatoms. The van der Waals surface area contributed by atoms with Crippen LogP contribution in [-0.4, -0.2) is 44.4 Å². The number of carbonyl (C=O) groups excluding carboxylic acids is 1. The molecule has 1 amide bonds. The van der Waals surface area contributed by atoms with Gasteiger partial charge in [-0.3, -0.25) is 9.48 Å². The molecule has 0 atom stereocenters. The predicted molar refractivity (Wildman–Crippen MR) is 99.5 cm³/mol. The molecule has 2 aliphatic carbocycles. The fourth-order valence-electron chi connectivity index (χ4n) is 5.57. The van der Waals surface area contributed by atoms with Crippen molar-refractivity contribution in [2.45, 2.75) is 44.6 Å². The van der Waals surface area contributed by atoms with Gasteiger partial charge in [0, 0.05) is 36.9 Å². The minimum atomic E-state index is -0.612. The molecule has 2 heterocycles. The average molecular weight is 353 g/mol. The summed E-state index contributed by atoms with van der Waals surface area (Å²) >= 11 is 0. The van der Waals surface area contributed by atoms with E-state index in [1.807, 2.05) is 29.7 Å². The molecular formula is C21H27N3O2. The minimum Gasteiger partial charge on any atom is -0.390 e. The number of carbonyl (C=O) groups is 1. The number of likely N-dealkylation sites (tertiary alicyclic amines) is 1. The highest BCUT2D eigenvalue weighted by Crippen LogP contribution is 2.54. The molecule has 0 bridgehead atoms. The van der Waals surface area contributed by atoms with Crippen molar-refractivity contribution >= 4 is 16.8 Å². The van der Waals surface area contributed by atoms with Gasteiger partial charge in [0.15, 0.2) is 0 Å². The van der Waals surface area contributed by atoms with Crippen LogP contribution in [0.5, 0.6) is 0 Å². The van der Waals surface area contributed by atoms with Crippen LogP contribution < -0.4 is 0 Å². The van der Waals surface area contributed by atoms with Crippen molar-refractivity contribution < 1.29 is 9.90 Å². The molecule has 2 saturated carbocycles. The lowest BCUT2D eigenvalue weighted by Gasteiger charge is -2.60. The number of hydrogen-bond acceptors (Lipinski definition) is 3. The van der Waals surface area contributed by atoms with E-state index in [2.05, 4.69) is 23.3 Å². The zero-order valence-electron chi connectivity index (χ0n) is 15.6. The Morgan fingerprint density at radius 2 is 2.00 bits per heavy atom. The maximum Gasteiger partial charge on any atom is 0.225 e. The number of aryl methyl sites for hydroxylation is 1. The Labute approximate surface area is 154 Å². The Morgan fingerprint density at radius 1 is 1.27 bits per heavy atom. The predicted octanol–water partition coefficient (Wildman–Crippen LogP) is 2.52. The standard InChI is InChI=1S/C21H27N3O2/c1-20(26)9-17(10-20)19(25)24-12-21(13-24)7-15(8-21)5-14-3-4-16-11-22-23(2)18(16)6-14/h3-4,6,11,15,17,26H,5,7-10,12-13H2,1-2H3/t17-,20+. The second-order valence-corrected chi connectivity index (χ2v) is 9.44. The quantitative estimate of drug-likeness (QED) is 0.922. The third-order valence-corrected chi connectivity index (χ3v) is 6.87. The third kappa shape index (κ3) is 2.56. The summed E-state index contributed by atoms with van der Waals surface area (Å²) in [6.07, 6.45) is 6.79. The molecular weight excluding hydrogens is 326 g/mol. The Hall–Kier alpha value is -1.88. The Kier molecular flexibility index (Phi) is 3.34. The fraction of sp³-hybridized carbons (Fsp3) is 0.619. The topological polar surface area (TPSA) is 58.4 Å². The summed E-state index contributed by atoms with van der Waals surface area (Å²) in [6, 6.07) is 6.67. The van der Waals surface area contributed by atoms with E-state index in [0.717, 1.165) is 25.4 Å². The molecule has 138 valence electrons. The number of rotatable bonds is 3. The summed E-state index contributed by atoms with van der Waals surface area (Å²) in [5.74, 6) is 1.07. The first-order valence-corrected chi connectivity index (χ1v) is 9.74. The van der Waals surface area contributed by atoms with Crippen molar-refractivity contribution in [3.8, 4) is 0 Å². The van der Waals surface area contributed by atoms with Crippen molar-refractivity contribution in [2.75, 3.05) is 13.1 Å². The summed E-state index contributed by atoms with van der Waals surface area (Å²) in [5.41, 5.74) is 2.38. The van der Waals surface area contributed by atoms with E-state index in [9.17, 15) is 9.90 Å². The number of aliphatic hydroxyl groups is 1. The van der Waals surface area contributed by atoms with Crippen LogP contribution in [0.1, 0.15) is 38.2 Å². The van der Waals surface area contributed by atoms with Gasteiger partial charge in [-0.1, -0.05) is 12.1 Å². The molecule has 1 spiro atoms. The number of amides is 1. The summed E-state index contributed by atoms with van der Waals surface area (Å²) in [7, 11) is 1.99. The van der Waals surface area contributed by atoms with Crippen LogP contribution in [0, 0.1) is 17.3 Å². The van der Waals surface area contributed by atoms with E-state index < -0.39 is 5.60 Å². The van der Waals surface area contributed by atoms with Gasteiger partial charge in [0.1, 0.15) is 0 Å². The van der Waals surface area contributed by atoms with Crippen LogP contribution in [0.25, 0.3) is 10.9 Å². The van der Waals surface area contributed by atoms with Gasteiger partial charge in [-0.25, -0.2) is 0 Å². The molecule has 0 unspecified atom stereocenters. The first kappa shape index (κ1) is 16.3. The molecule has 1 saturated heterocycles. The van der Waals surface area contributed by atoms with Crippen LogP contribution in [0.2, 0.25) is 0 Å². The van der Waals surface area contributed by atoms with Crippen molar-refractivity contribution in [3.63, 3.8) is 0 Å². The third-order valence-electron chi connectivity index (χ3n) is 6.87. The first-order valence-electron chi connectivity index (χ1n) is 9.74. The highest BCUT2D eigenvalue weighted by atomic mass is 16.3. The number of fused-ring (bicyclic) bond motifs is 1. The summed E-state index contributed by atoms with van der Waals surface area (Å²) in [6.45, 7) is 3.69. The molecule has 26 heavy (non-hydrogen) atoms.